The molecule has 0 N–H and O–H groups in total. The molecule has 28 heavy (non-hydrogen) atoms. The van der Waals surface area contributed by atoms with Gasteiger partial charge < -0.3 is 9.32 Å². The first-order chi connectivity index (χ1) is 13.6. The summed E-state index contributed by atoms with van der Waals surface area (Å²) in [6.07, 6.45) is 1.81. The van der Waals surface area contributed by atoms with E-state index in [0.717, 1.165) is 32.0 Å². The first kappa shape index (κ1) is 18.1. The van der Waals surface area contributed by atoms with E-state index in [0.29, 0.717) is 17.3 Å². The molecule has 0 unspecified atom stereocenters. The van der Waals surface area contributed by atoms with E-state index < -0.39 is 4.92 Å². The molecule has 0 spiro atoms. The van der Waals surface area contributed by atoms with Gasteiger partial charge in [-0.1, -0.05) is 6.07 Å². The predicted octanol–water partition coefficient (Wildman–Crippen LogP) is 2.92. The predicted molar refractivity (Wildman–Crippen MR) is 103 cm³/mol. The average Bonchev–Trinajstić information content (AvgIpc) is 3.24. The molecule has 0 saturated carbocycles. The standard InChI is InChI=1S/C19H20N6O3/c1-14(23-10-12-24(13-11-23)17-4-2-3-9-20-17)18-21-22-19(28-18)15-5-7-16(8-6-15)25(26)27/h2-9,14H,10-13H2,1H3/t14-/m0/s1. The lowest BCUT2D eigenvalue weighted by atomic mass is 10.2. The molecule has 4 rings (SSSR count). The molecule has 1 aliphatic rings. The van der Waals surface area contributed by atoms with Crippen LogP contribution in [-0.4, -0.2) is 51.2 Å². The fraction of sp³-hybridized carbons (Fsp3) is 0.316. The number of benzene rings is 1. The van der Waals surface area contributed by atoms with E-state index in [1.165, 1.54) is 12.1 Å². The van der Waals surface area contributed by atoms with Crippen LogP contribution in [0.2, 0.25) is 0 Å². The lowest BCUT2D eigenvalue weighted by Gasteiger charge is -2.37. The third kappa shape index (κ3) is 3.70. The quantitative estimate of drug-likeness (QED) is 0.492. The molecule has 0 aliphatic carbocycles. The lowest BCUT2D eigenvalue weighted by Crippen LogP contribution is -2.47. The van der Waals surface area contributed by atoms with Crippen LogP contribution in [0.5, 0.6) is 0 Å². The normalized spacial score (nSPS) is 16.1. The van der Waals surface area contributed by atoms with E-state index in [1.54, 1.807) is 12.1 Å². The van der Waals surface area contributed by atoms with Gasteiger partial charge in [-0.15, -0.1) is 10.2 Å². The summed E-state index contributed by atoms with van der Waals surface area (Å²) < 4.78 is 5.84. The van der Waals surface area contributed by atoms with Gasteiger partial charge in [-0.3, -0.25) is 15.0 Å². The fourth-order valence-corrected chi connectivity index (χ4v) is 3.28. The summed E-state index contributed by atoms with van der Waals surface area (Å²) in [7, 11) is 0. The van der Waals surface area contributed by atoms with Crippen LogP contribution in [0.15, 0.2) is 53.1 Å². The molecular weight excluding hydrogens is 360 g/mol. The van der Waals surface area contributed by atoms with Crippen LogP contribution in [0, 0.1) is 10.1 Å². The molecule has 2 aromatic heterocycles. The van der Waals surface area contributed by atoms with Crippen LogP contribution in [-0.2, 0) is 0 Å². The first-order valence-electron chi connectivity index (χ1n) is 9.10. The van der Waals surface area contributed by atoms with Crippen LogP contribution in [0.4, 0.5) is 11.5 Å². The largest absolute Gasteiger partial charge is 0.419 e. The minimum Gasteiger partial charge on any atom is -0.419 e. The number of pyridine rings is 1. The number of rotatable bonds is 5. The Balaban J connectivity index is 1.41. The molecule has 9 nitrogen and oxygen atoms in total. The van der Waals surface area contributed by atoms with Crippen molar-refractivity contribution >= 4 is 11.5 Å². The van der Waals surface area contributed by atoms with Gasteiger partial charge in [-0.2, -0.15) is 0 Å². The van der Waals surface area contributed by atoms with Gasteiger partial charge in [0.05, 0.1) is 11.0 Å². The van der Waals surface area contributed by atoms with Crippen LogP contribution >= 0.6 is 0 Å². The minimum atomic E-state index is -0.435. The van der Waals surface area contributed by atoms with Crippen molar-refractivity contribution in [3.63, 3.8) is 0 Å². The number of non-ortho nitro benzene ring substituents is 1. The van der Waals surface area contributed by atoms with Crippen molar-refractivity contribution in [2.75, 3.05) is 31.1 Å². The van der Waals surface area contributed by atoms with Gasteiger partial charge >= 0.3 is 0 Å². The van der Waals surface area contributed by atoms with Crippen molar-refractivity contribution in [1.82, 2.24) is 20.1 Å². The summed E-state index contributed by atoms with van der Waals surface area (Å²) >= 11 is 0. The molecule has 0 amide bonds. The summed E-state index contributed by atoms with van der Waals surface area (Å²) in [5.41, 5.74) is 0.694. The highest BCUT2D eigenvalue weighted by atomic mass is 16.6. The van der Waals surface area contributed by atoms with Crippen molar-refractivity contribution in [3.8, 4) is 11.5 Å². The third-order valence-electron chi connectivity index (χ3n) is 4.96. The summed E-state index contributed by atoms with van der Waals surface area (Å²) in [6, 6.07) is 12.0. The summed E-state index contributed by atoms with van der Waals surface area (Å²) in [4.78, 5) is 19.3. The number of aromatic nitrogens is 3. The molecule has 1 aromatic carbocycles. The Morgan fingerprint density at radius 2 is 1.82 bits per heavy atom. The number of hydrogen-bond acceptors (Lipinski definition) is 8. The molecule has 3 aromatic rings. The third-order valence-corrected chi connectivity index (χ3v) is 4.96. The first-order valence-corrected chi connectivity index (χ1v) is 9.10. The Labute approximate surface area is 161 Å². The zero-order chi connectivity index (χ0) is 19.5. The molecule has 1 fully saturated rings. The molecule has 3 heterocycles. The Kier molecular flexibility index (Phi) is 4.98. The maximum atomic E-state index is 10.8. The lowest BCUT2D eigenvalue weighted by molar-refractivity contribution is -0.384. The van der Waals surface area contributed by atoms with E-state index in [-0.39, 0.29) is 11.7 Å². The average molecular weight is 380 g/mol. The number of nitro groups is 1. The monoisotopic (exact) mass is 380 g/mol. The summed E-state index contributed by atoms with van der Waals surface area (Å²) in [6.45, 7) is 5.54. The maximum absolute atomic E-state index is 10.8. The number of piperazine rings is 1. The van der Waals surface area contributed by atoms with Gasteiger partial charge in [-0.05, 0) is 31.2 Å². The van der Waals surface area contributed by atoms with E-state index in [1.807, 2.05) is 31.3 Å². The van der Waals surface area contributed by atoms with Crippen molar-refractivity contribution in [1.29, 1.82) is 0 Å². The fourth-order valence-electron chi connectivity index (χ4n) is 3.28. The van der Waals surface area contributed by atoms with Gasteiger partial charge in [0.15, 0.2) is 0 Å². The topological polar surface area (TPSA) is 101 Å². The molecular formula is C19H20N6O3. The van der Waals surface area contributed by atoms with Crippen molar-refractivity contribution < 1.29 is 9.34 Å². The zero-order valence-corrected chi connectivity index (χ0v) is 15.4. The van der Waals surface area contributed by atoms with Crippen LogP contribution < -0.4 is 4.90 Å². The van der Waals surface area contributed by atoms with Gasteiger partial charge in [0, 0.05) is 50.1 Å². The van der Waals surface area contributed by atoms with Gasteiger partial charge in [0.1, 0.15) is 5.82 Å². The Hall–Kier alpha value is -3.33. The number of anilines is 1. The number of nitro benzene ring substituents is 1. The molecule has 0 bridgehead atoms. The van der Waals surface area contributed by atoms with Gasteiger partial charge in [0.25, 0.3) is 5.69 Å². The highest BCUT2D eigenvalue weighted by Gasteiger charge is 2.26. The molecule has 9 heteroatoms. The Bertz CT molecular complexity index is 936. The maximum Gasteiger partial charge on any atom is 0.269 e. The summed E-state index contributed by atoms with van der Waals surface area (Å²) in [5.74, 6) is 1.90. The SMILES string of the molecule is C[C@@H](c1nnc(-c2ccc([N+](=O)[O-])cc2)o1)N1CCN(c2ccccn2)CC1. The molecule has 1 atom stereocenters. The minimum absolute atomic E-state index is 0.00909. The highest BCUT2D eigenvalue weighted by molar-refractivity contribution is 5.55. The van der Waals surface area contributed by atoms with E-state index >= 15 is 0 Å². The van der Waals surface area contributed by atoms with Crippen molar-refractivity contribution in [3.05, 3.63) is 64.7 Å². The number of nitrogens with zero attached hydrogens (tertiary/aromatic N) is 6. The van der Waals surface area contributed by atoms with E-state index in [9.17, 15) is 10.1 Å². The molecule has 1 aliphatic heterocycles. The highest BCUT2D eigenvalue weighted by Crippen LogP contribution is 2.26. The zero-order valence-electron chi connectivity index (χ0n) is 15.4. The van der Waals surface area contributed by atoms with Gasteiger partial charge in [-0.25, -0.2) is 4.98 Å². The van der Waals surface area contributed by atoms with Crippen LogP contribution in [0.25, 0.3) is 11.5 Å². The molecule has 144 valence electrons. The Morgan fingerprint density at radius 1 is 1.07 bits per heavy atom. The van der Waals surface area contributed by atoms with Crippen LogP contribution in [0.1, 0.15) is 18.9 Å². The Morgan fingerprint density at radius 3 is 2.46 bits per heavy atom. The van der Waals surface area contributed by atoms with E-state index in [4.69, 9.17) is 4.42 Å². The van der Waals surface area contributed by atoms with Crippen LogP contribution in [0.3, 0.4) is 0 Å². The number of hydrogen-bond donors (Lipinski definition) is 0. The second kappa shape index (κ2) is 7.73. The molecule has 1 saturated heterocycles. The van der Waals surface area contributed by atoms with Crippen molar-refractivity contribution in [2.24, 2.45) is 0 Å². The van der Waals surface area contributed by atoms with E-state index in [2.05, 4.69) is 25.0 Å². The summed E-state index contributed by atoms with van der Waals surface area (Å²) in [5, 5.41) is 19.1. The van der Waals surface area contributed by atoms with Gasteiger partial charge in [0.2, 0.25) is 11.8 Å². The second-order valence-electron chi connectivity index (χ2n) is 6.64. The van der Waals surface area contributed by atoms with Crippen molar-refractivity contribution in [2.45, 2.75) is 13.0 Å². The second-order valence-corrected chi connectivity index (χ2v) is 6.64. The molecule has 0 radical (unpaired) electrons. The smallest absolute Gasteiger partial charge is 0.269 e.